The Hall–Kier alpha value is -3.48. The van der Waals surface area contributed by atoms with Gasteiger partial charge in [-0.1, -0.05) is 0 Å². The van der Waals surface area contributed by atoms with Gasteiger partial charge in [-0.15, -0.1) is 0 Å². The Kier molecular flexibility index (Phi) is 9.42. The normalized spacial score (nSPS) is 10.8. The van der Waals surface area contributed by atoms with Gasteiger partial charge < -0.3 is 25.4 Å². The number of nitro benzene ring substituents is 2. The van der Waals surface area contributed by atoms with Crippen LogP contribution in [-0.2, 0) is 14.3 Å². The summed E-state index contributed by atoms with van der Waals surface area (Å²) in [6.07, 6.45) is -0.550. The molecule has 0 aliphatic carbocycles. The molecule has 1 aromatic carbocycles. The molecule has 0 heterocycles. The molecule has 0 fully saturated rings. The first-order chi connectivity index (χ1) is 14.0. The van der Waals surface area contributed by atoms with Gasteiger partial charge >= 0.3 is 6.09 Å². The highest BCUT2D eigenvalue weighted by molar-refractivity contribution is 5.81. The third-order valence-corrected chi connectivity index (χ3v) is 3.31. The van der Waals surface area contributed by atoms with Crippen molar-refractivity contribution in [2.24, 2.45) is 0 Å². The molecule has 0 aliphatic heterocycles. The molecular weight excluding hydrogens is 402 g/mol. The van der Waals surface area contributed by atoms with E-state index < -0.39 is 38.8 Å². The van der Waals surface area contributed by atoms with Gasteiger partial charge in [0.05, 0.1) is 35.7 Å². The number of non-ortho nitro benzene ring substituents is 1. The topological polar surface area (TPSA) is 175 Å². The van der Waals surface area contributed by atoms with E-state index in [1.54, 1.807) is 20.8 Å². The van der Waals surface area contributed by atoms with Crippen molar-refractivity contribution in [1.29, 1.82) is 0 Å². The molecule has 0 bridgehead atoms. The van der Waals surface area contributed by atoms with Crippen molar-refractivity contribution < 1.29 is 28.9 Å². The Balaban J connectivity index is 2.26. The molecule has 0 aromatic heterocycles. The second-order valence-electron chi connectivity index (χ2n) is 6.96. The summed E-state index contributed by atoms with van der Waals surface area (Å²) in [5, 5.41) is 29.4. The maximum absolute atomic E-state index is 11.8. The van der Waals surface area contributed by atoms with Crippen molar-refractivity contribution in [2.45, 2.75) is 26.4 Å². The molecule has 166 valence electrons. The average molecular weight is 427 g/mol. The number of carbonyl (C=O) groups excluding carboxylic acids is 2. The lowest BCUT2D eigenvalue weighted by Crippen LogP contribution is -2.35. The average Bonchev–Trinajstić information content (AvgIpc) is 2.63. The van der Waals surface area contributed by atoms with Crippen LogP contribution in [0.15, 0.2) is 18.2 Å². The van der Waals surface area contributed by atoms with E-state index in [1.165, 1.54) is 6.07 Å². The molecule has 13 heteroatoms. The summed E-state index contributed by atoms with van der Waals surface area (Å²) in [7, 11) is 0. The zero-order valence-corrected chi connectivity index (χ0v) is 16.9. The molecule has 0 aliphatic rings. The van der Waals surface area contributed by atoms with E-state index in [0.29, 0.717) is 0 Å². The zero-order chi connectivity index (χ0) is 22.7. The molecule has 1 aromatic rings. The summed E-state index contributed by atoms with van der Waals surface area (Å²) in [6.45, 7) is 5.84. The minimum atomic E-state index is -0.771. The summed E-state index contributed by atoms with van der Waals surface area (Å²) in [5.41, 5.74) is -1.52. The first-order valence-corrected chi connectivity index (χ1v) is 8.97. The molecule has 13 nitrogen and oxygen atoms in total. The van der Waals surface area contributed by atoms with Crippen molar-refractivity contribution >= 4 is 29.1 Å². The minimum Gasteiger partial charge on any atom is -0.444 e. The Morgan fingerprint density at radius 1 is 1.03 bits per heavy atom. The second kappa shape index (κ2) is 11.5. The molecule has 1 rings (SSSR count). The fourth-order valence-corrected chi connectivity index (χ4v) is 2.08. The highest BCUT2D eigenvalue weighted by atomic mass is 16.6. The number of nitro groups is 2. The largest absolute Gasteiger partial charge is 0.444 e. The predicted octanol–water partition coefficient (Wildman–Crippen LogP) is 1.57. The lowest BCUT2D eigenvalue weighted by Gasteiger charge is -2.19. The zero-order valence-electron chi connectivity index (χ0n) is 16.9. The fraction of sp³-hybridized carbons (Fsp3) is 0.529. The van der Waals surface area contributed by atoms with Crippen LogP contribution in [0.1, 0.15) is 20.8 Å². The molecule has 3 N–H and O–H groups in total. The first kappa shape index (κ1) is 24.6. The van der Waals surface area contributed by atoms with Crippen LogP contribution in [0.5, 0.6) is 0 Å². The molecule has 0 saturated carbocycles. The molecular formula is C17H25N5O8. The lowest BCUT2D eigenvalue weighted by atomic mass is 10.2. The van der Waals surface area contributed by atoms with Gasteiger partial charge in [0.25, 0.3) is 11.4 Å². The number of rotatable bonds is 11. The fourth-order valence-electron chi connectivity index (χ4n) is 2.08. The van der Waals surface area contributed by atoms with Crippen LogP contribution in [0.25, 0.3) is 0 Å². The van der Waals surface area contributed by atoms with Crippen LogP contribution in [-0.4, -0.2) is 60.3 Å². The van der Waals surface area contributed by atoms with Crippen LogP contribution >= 0.6 is 0 Å². The number of carbonyl (C=O) groups is 2. The molecule has 0 spiro atoms. The van der Waals surface area contributed by atoms with Gasteiger partial charge in [-0.25, -0.2) is 4.79 Å². The second-order valence-corrected chi connectivity index (χ2v) is 6.96. The van der Waals surface area contributed by atoms with Crippen LogP contribution in [0, 0.1) is 20.2 Å². The number of hydrogen-bond donors (Lipinski definition) is 3. The van der Waals surface area contributed by atoms with Crippen LogP contribution in [0.4, 0.5) is 21.9 Å². The van der Waals surface area contributed by atoms with E-state index in [1.807, 2.05) is 0 Å². The van der Waals surface area contributed by atoms with Gasteiger partial charge in [0.2, 0.25) is 5.91 Å². The van der Waals surface area contributed by atoms with Gasteiger partial charge in [0, 0.05) is 19.2 Å². The monoisotopic (exact) mass is 427 g/mol. The molecule has 0 radical (unpaired) electrons. The Morgan fingerprint density at radius 3 is 2.23 bits per heavy atom. The van der Waals surface area contributed by atoms with Crippen LogP contribution < -0.4 is 16.0 Å². The van der Waals surface area contributed by atoms with E-state index in [-0.39, 0.29) is 38.5 Å². The summed E-state index contributed by atoms with van der Waals surface area (Å²) in [5.74, 6) is -0.446. The quantitative estimate of drug-likeness (QED) is 0.269. The van der Waals surface area contributed by atoms with Crippen molar-refractivity contribution in [3.8, 4) is 0 Å². The van der Waals surface area contributed by atoms with E-state index in [2.05, 4.69) is 16.0 Å². The Morgan fingerprint density at radius 2 is 1.67 bits per heavy atom. The number of benzene rings is 1. The van der Waals surface area contributed by atoms with Gasteiger partial charge in [0.15, 0.2) is 0 Å². The smallest absolute Gasteiger partial charge is 0.407 e. The maximum Gasteiger partial charge on any atom is 0.407 e. The highest BCUT2D eigenvalue weighted by Crippen LogP contribution is 2.28. The summed E-state index contributed by atoms with van der Waals surface area (Å²) in [6, 6.07) is 3.09. The van der Waals surface area contributed by atoms with Crippen molar-refractivity contribution in [3.05, 3.63) is 38.4 Å². The molecule has 30 heavy (non-hydrogen) atoms. The lowest BCUT2D eigenvalue weighted by molar-refractivity contribution is -0.393. The van der Waals surface area contributed by atoms with Crippen molar-refractivity contribution in [1.82, 2.24) is 10.6 Å². The van der Waals surface area contributed by atoms with E-state index in [0.717, 1.165) is 12.1 Å². The van der Waals surface area contributed by atoms with E-state index >= 15 is 0 Å². The van der Waals surface area contributed by atoms with Gasteiger partial charge in [0.1, 0.15) is 11.3 Å². The van der Waals surface area contributed by atoms with Crippen molar-refractivity contribution in [2.75, 3.05) is 38.2 Å². The van der Waals surface area contributed by atoms with E-state index in [9.17, 15) is 29.8 Å². The molecule has 0 unspecified atom stereocenters. The number of ether oxygens (including phenoxy) is 2. The predicted molar refractivity (Wildman–Crippen MR) is 106 cm³/mol. The highest BCUT2D eigenvalue weighted by Gasteiger charge is 2.19. The first-order valence-electron chi connectivity index (χ1n) is 8.97. The van der Waals surface area contributed by atoms with Gasteiger partial charge in [-0.2, -0.15) is 0 Å². The van der Waals surface area contributed by atoms with Crippen LogP contribution in [0.3, 0.4) is 0 Å². The van der Waals surface area contributed by atoms with Crippen LogP contribution in [0.2, 0.25) is 0 Å². The van der Waals surface area contributed by atoms with E-state index in [4.69, 9.17) is 9.47 Å². The SMILES string of the molecule is CC(C)(C)OC(=O)NCCOCCNC(=O)CNc1ccc([N+](=O)[O-])cc1[N+](=O)[O-]. The number of alkyl carbamates (subject to hydrolysis) is 1. The third-order valence-electron chi connectivity index (χ3n) is 3.31. The number of amides is 2. The third kappa shape index (κ3) is 9.64. The Labute approximate surface area is 172 Å². The molecule has 2 amide bonds. The molecule has 0 saturated heterocycles. The summed E-state index contributed by atoms with van der Waals surface area (Å²) in [4.78, 5) is 43.5. The number of anilines is 1. The standard InChI is InChI=1S/C17H25N5O8/c1-17(2,3)30-16(24)19-7-9-29-8-6-18-15(23)11-20-13-5-4-12(21(25)26)10-14(13)22(27)28/h4-5,10,20H,6-9,11H2,1-3H3,(H,18,23)(H,19,24). The number of hydrogen-bond acceptors (Lipinski definition) is 9. The maximum atomic E-state index is 11.8. The number of nitrogens with one attached hydrogen (secondary N) is 3. The summed E-state index contributed by atoms with van der Waals surface area (Å²) >= 11 is 0. The van der Waals surface area contributed by atoms with Gasteiger partial charge in [-0.3, -0.25) is 25.0 Å². The summed E-state index contributed by atoms with van der Waals surface area (Å²) < 4.78 is 10.3. The van der Waals surface area contributed by atoms with Gasteiger partial charge in [-0.05, 0) is 26.8 Å². The Bertz CT molecular complexity index is 778. The molecule has 0 atom stereocenters. The number of nitrogens with zero attached hydrogens (tertiary/aromatic N) is 2. The minimum absolute atomic E-state index is 0.00906. The van der Waals surface area contributed by atoms with Crippen molar-refractivity contribution in [3.63, 3.8) is 0 Å².